The average Bonchev–Trinajstić information content (AvgIpc) is 2.84. The molecular weight excluding hydrogens is 296 g/mol. The minimum Gasteiger partial charge on any atom is -0.325 e. The minimum absolute atomic E-state index is 0.00507. The Hall–Kier alpha value is -0.450. The van der Waals surface area contributed by atoms with Crippen molar-refractivity contribution in [3.63, 3.8) is 0 Å². The van der Waals surface area contributed by atoms with Crippen LogP contribution in [0.1, 0.15) is 30.7 Å². The van der Waals surface area contributed by atoms with Gasteiger partial charge in [-0.05, 0) is 31.0 Å². The first kappa shape index (κ1) is 11.6. The standard InChI is InChI=1S/C13H15BrN2S/c14-9-3-4-11-10(7-9)16-12(17-11)8-13(15)5-1-2-6-13/h3-4,7H,1-2,5-6,8,15H2. The van der Waals surface area contributed by atoms with Crippen LogP contribution in [0.3, 0.4) is 0 Å². The number of benzene rings is 1. The normalized spacial score (nSPS) is 18.9. The van der Waals surface area contributed by atoms with Gasteiger partial charge in [0.05, 0.1) is 15.2 Å². The van der Waals surface area contributed by atoms with Crippen LogP contribution in [0.2, 0.25) is 0 Å². The zero-order valence-corrected chi connectivity index (χ0v) is 12.0. The van der Waals surface area contributed by atoms with Gasteiger partial charge in [-0.2, -0.15) is 0 Å². The first-order valence-electron chi connectivity index (χ1n) is 5.99. The molecule has 0 bridgehead atoms. The first-order chi connectivity index (χ1) is 8.15. The molecule has 0 spiro atoms. The second-order valence-corrected chi connectivity index (χ2v) is 7.00. The van der Waals surface area contributed by atoms with Crippen molar-refractivity contribution in [2.45, 2.75) is 37.6 Å². The molecule has 1 aliphatic rings. The summed E-state index contributed by atoms with van der Waals surface area (Å²) in [6.45, 7) is 0. The van der Waals surface area contributed by atoms with Gasteiger partial charge in [-0.1, -0.05) is 28.8 Å². The molecule has 2 aromatic rings. The number of rotatable bonds is 2. The second kappa shape index (κ2) is 4.34. The topological polar surface area (TPSA) is 38.9 Å². The van der Waals surface area contributed by atoms with Crippen molar-refractivity contribution in [1.82, 2.24) is 4.98 Å². The predicted molar refractivity (Wildman–Crippen MR) is 76.4 cm³/mol. The van der Waals surface area contributed by atoms with Crippen molar-refractivity contribution in [1.29, 1.82) is 0 Å². The summed E-state index contributed by atoms with van der Waals surface area (Å²) in [5.74, 6) is 0. The van der Waals surface area contributed by atoms with Crippen molar-refractivity contribution in [3.05, 3.63) is 27.7 Å². The Kier molecular flexibility index (Phi) is 2.97. The van der Waals surface area contributed by atoms with E-state index in [1.807, 2.05) is 0 Å². The van der Waals surface area contributed by atoms with Crippen LogP contribution < -0.4 is 5.73 Å². The van der Waals surface area contributed by atoms with E-state index in [-0.39, 0.29) is 5.54 Å². The summed E-state index contributed by atoms with van der Waals surface area (Å²) in [6, 6.07) is 6.27. The molecule has 1 aromatic carbocycles. The summed E-state index contributed by atoms with van der Waals surface area (Å²) >= 11 is 5.26. The maximum Gasteiger partial charge on any atom is 0.0956 e. The summed E-state index contributed by atoms with van der Waals surface area (Å²) in [5.41, 5.74) is 7.49. The lowest BCUT2D eigenvalue weighted by Crippen LogP contribution is -2.38. The molecule has 17 heavy (non-hydrogen) atoms. The summed E-state index contributed by atoms with van der Waals surface area (Å²) < 4.78 is 2.34. The van der Waals surface area contributed by atoms with E-state index >= 15 is 0 Å². The smallest absolute Gasteiger partial charge is 0.0956 e. The highest BCUT2D eigenvalue weighted by Gasteiger charge is 2.30. The fraction of sp³-hybridized carbons (Fsp3) is 0.462. The Bertz CT molecular complexity index is 543. The minimum atomic E-state index is 0.00507. The third-order valence-corrected chi connectivity index (χ3v) is 5.03. The molecule has 0 saturated heterocycles. The van der Waals surface area contributed by atoms with Crippen molar-refractivity contribution < 1.29 is 0 Å². The maximum atomic E-state index is 6.40. The lowest BCUT2D eigenvalue weighted by Gasteiger charge is -2.21. The molecule has 1 aliphatic carbocycles. The summed E-state index contributed by atoms with van der Waals surface area (Å²) in [6.07, 6.45) is 5.77. The summed E-state index contributed by atoms with van der Waals surface area (Å²) in [5, 5.41) is 1.18. The van der Waals surface area contributed by atoms with Gasteiger partial charge in [0.2, 0.25) is 0 Å². The second-order valence-electron chi connectivity index (χ2n) is 4.97. The van der Waals surface area contributed by atoms with Crippen LogP contribution in [-0.4, -0.2) is 10.5 Å². The largest absolute Gasteiger partial charge is 0.325 e. The van der Waals surface area contributed by atoms with Crippen LogP contribution in [-0.2, 0) is 6.42 Å². The van der Waals surface area contributed by atoms with E-state index in [9.17, 15) is 0 Å². The van der Waals surface area contributed by atoms with Gasteiger partial charge in [-0.15, -0.1) is 11.3 Å². The monoisotopic (exact) mass is 310 g/mol. The van der Waals surface area contributed by atoms with Crippen LogP contribution in [0.5, 0.6) is 0 Å². The highest BCUT2D eigenvalue weighted by atomic mass is 79.9. The lowest BCUT2D eigenvalue weighted by atomic mass is 9.95. The highest BCUT2D eigenvalue weighted by molar-refractivity contribution is 9.10. The predicted octanol–water partition coefficient (Wildman–Crippen LogP) is 3.87. The van der Waals surface area contributed by atoms with Crippen molar-refractivity contribution in [3.8, 4) is 0 Å². The number of thiazole rings is 1. The van der Waals surface area contributed by atoms with E-state index in [2.05, 4.69) is 34.1 Å². The van der Waals surface area contributed by atoms with Crippen molar-refractivity contribution >= 4 is 37.5 Å². The van der Waals surface area contributed by atoms with Gasteiger partial charge in [0.1, 0.15) is 0 Å². The van der Waals surface area contributed by atoms with Gasteiger partial charge >= 0.3 is 0 Å². The Labute approximate surface area is 113 Å². The fourth-order valence-corrected chi connectivity index (χ4v) is 4.03. The SMILES string of the molecule is NC1(Cc2nc3cc(Br)ccc3s2)CCCC1. The Morgan fingerprint density at radius 1 is 1.35 bits per heavy atom. The number of halogens is 1. The molecular formula is C13H15BrN2S. The van der Waals surface area contributed by atoms with Gasteiger partial charge in [0, 0.05) is 16.4 Å². The first-order valence-corrected chi connectivity index (χ1v) is 7.59. The van der Waals surface area contributed by atoms with E-state index in [0.717, 1.165) is 29.3 Å². The number of hydrogen-bond acceptors (Lipinski definition) is 3. The number of fused-ring (bicyclic) bond motifs is 1. The molecule has 1 fully saturated rings. The summed E-state index contributed by atoms with van der Waals surface area (Å²) in [4.78, 5) is 4.69. The lowest BCUT2D eigenvalue weighted by molar-refractivity contribution is 0.436. The van der Waals surface area contributed by atoms with E-state index in [1.165, 1.54) is 22.5 Å². The van der Waals surface area contributed by atoms with Crippen LogP contribution in [0.25, 0.3) is 10.2 Å². The van der Waals surface area contributed by atoms with Crippen molar-refractivity contribution in [2.75, 3.05) is 0 Å². The Balaban J connectivity index is 1.90. The molecule has 2 N–H and O–H groups in total. The zero-order chi connectivity index (χ0) is 11.9. The summed E-state index contributed by atoms with van der Waals surface area (Å²) in [7, 11) is 0. The molecule has 0 radical (unpaired) electrons. The third kappa shape index (κ3) is 2.39. The van der Waals surface area contributed by atoms with Crippen LogP contribution in [0.15, 0.2) is 22.7 Å². The van der Waals surface area contributed by atoms with E-state index in [0.29, 0.717) is 0 Å². The van der Waals surface area contributed by atoms with Gasteiger partial charge in [-0.3, -0.25) is 0 Å². The van der Waals surface area contributed by atoms with Crippen LogP contribution in [0.4, 0.5) is 0 Å². The zero-order valence-electron chi connectivity index (χ0n) is 9.58. The number of aromatic nitrogens is 1. The highest BCUT2D eigenvalue weighted by Crippen LogP contribution is 2.33. The number of hydrogen-bond donors (Lipinski definition) is 1. The average molecular weight is 311 g/mol. The van der Waals surface area contributed by atoms with Gasteiger partial charge in [-0.25, -0.2) is 4.98 Å². The van der Waals surface area contributed by atoms with E-state index in [1.54, 1.807) is 11.3 Å². The molecule has 1 aromatic heterocycles. The van der Waals surface area contributed by atoms with Gasteiger partial charge < -0.3 is 5.73 Å². The Morgan fingerprint density at radius 2 is 2.12 bits per heavy atom. The molecule has 0 aliphatic heterocycles. The fourth-order valence-electron chi connectivity index (χ4n) is 2.58. The molecule has 0 amide bonds. The maximum absolute atomic E-state index is 6.40. The number of nitrogens with zero attached hydrogens (tertiary/aromatic N) is 1. The van der Waals surface area contributed by atoms with E-state index in [4.69, 9.17) is 10.7 Å². The van der Waals surface area contributed by atoms with Crippen LogP contribution >= 0.6 is 27.3 Å². The number of nitrogens with two attached hydrogens (primary N) is 1. The van der Waals surface area contributed by atoms with Crippen molar-refractivity contribution in [2.24, 2.45) is 5.73 Å². The van der Waals surface area contributed by atoms with Crippen LogP contribution in [0, 0.1) is 0 Å². The molecule has 3 rings (SSSR count). The molecule has 1 heterocycles. The Morgan fingerprint density at radius 3 is 2.88 bits per heavy atom. The van der Waals surface area contributed by atoms with Gasteiger partial charge in [0.25, 0.3) is 0 Å². The quantitative estimate of drug-likeness (QED) is 0.914. The van der Waals surface area contributed by atoms with E-state index < -0.39 is 0 Å². The molecule has 2 nitrogen and oxygen atoms in total. The molecule has 0 unspecified atom stereocenters. The molecule has 0 atom stereocenters. The van der Waals surface area contributed by atoms with Gasteiger partial charge in [0.15, 0.2) is 0 Å². The third-order valence-electron chi connectivity index (χ3n) is 3.50. The molecule has 90 valence electrons. The molecule has 1 saturated carbocycles. The molecule has 4 heteroatoms.